The maximum atomic E-state index is 11.6. The number of nitrogens with zero attached hydrogens (tertiary/aromatic N) is 3. The van der Waals surface area contributed by atoms with Crippen LogP contribution >= 0.6 is 11.8 Å². The first-order valence-corrected chi connectivity index (χ1v) is 10.0. The molecule has 1 saturated carbocycles. The number of aliphatic carboxylic acids is 1. The molecule has 2 aromatic rings. The third kappa shape index (κ3) is 3.90. The first-order chi connectivity index (χ1) is 13.1. The molecule has 3 rings (SSSR count). The van der Waals surface area contributed by atoms with Crippen molar-refractivity contribution in [2.75, 3.05) is 14.2 Å². The quantitative estimate of drug-likeness (QED) is 0.683. The summed E-state index contributed by atoms with van der Waals surface area (Å²) in [7, 11) is 3.22. The monoisotopic (exact) mass is 391 g/mol. The molecule has 0 bridgehead atoms. The van der Waals surface area contributed by atoms with Gasteiger partial charge in [0.1, 0.15) is 28.3 Å². The molecular formula is C19H25N3O4S. The Bertz CT molecular complexity index is 780. The Labute approximate surface area is 163 Å². The average Bonchev–Trinajstić information content (AvgIpc) is 3.34. The molecule has 1 aliphatic carbocycles. The number of para-hydroxylation sites is 1. The maximum Gasteiger partial charge on any atom is 0.317 e. The lowest BCUT2D eigenvalue weighted by atomic mass is 10.1. The number of carboxylic acids is 1. The zero-order valence-electron chi connectivity index (χ0n) is 15.8. The number of rotatable bonds is 8. The van der Waals surface area contributed by atoms with Crippen molar-refractivity contribution < 1.29 is 19.4 Å². The minimum atomic E-state index is -0.855. The molecule has 1 fully saturated rings. The van der Waals surface area contributed by atoms with E-state index in [1.54, 1.807) is 14.2 Å². The van der Waals surface area contributed by atoms with Gasteiger partial charge in [-0.2, -0.15) is 0 Å². The maximum absolute atomic E-state index is 11.6. The van der Waals surface area contributed by atoms with E-state index in [1.807, 2.05) is 29.7 Å². The molecule has 8 heteroatoms. The van der Waals surface area contributed by atoms with Gasteiger partial charge in [0.15, 0.2) is 5.16 Å². The smallest absolute Gasteiger partial charge is 0.317 e. The molecule has 1 atom stereocenters. The van der Waals surface area contributed by atoms with E-state index in [1.165, 1.54) is 11.8 Å². The van der Waals surface area contributed by atoms with Crippen LogP contribution in [-0.4, -0.2) is 45.3 Å². The van der Waals surface area contributed by atoms with Crippen molar-refractivity contribution in [3.05, 3.63) is 24.0 Å². The van der Waals surface area contributed by atoms with Crippen LogP contribution in [0.5, 0.6) is 11.5 Å². The van der Waals surface area contributed by atoms with Gasteiger partial charge in [-0.3, -0.25) is 9.36 Å². The summed E-state index contributed by atoms with van der Waals surface area (Å²) in [4.78, 5) is 11.6. The van der Waals surface area contributed by atoms with Crippen LogP contribution in [-0.2, 0) is 4.79 Å². The van der Waals surface area contributed by atoms with Gasteiger partial charge in [0.25, 0.3) is 0 Å². The van der Waals surface area contributed by atoms with E-state index < -0.39 is 11.2 Å². The van der Waals surface area contributed by atoms with Gasteiger partial charge in [-0.1, -0.05) is 37.6 Å². The van der Waals surface area contributed by atoms with Crippen molar-refractivity contribution in [2.45, 2.75) is 55.4 Å². The SMILES string of the molecule is CCC(Sc1nnc(C2CCCC2)n1-c1c(OC)cccc1OC)C(=O)O. The number of aromatic nitrogens is 3. The molecule has 0 amide bonds. The van der Waals surface area contributed by atoms with Crippen LogP contribution in [0, 0.1) is 0 Å². The predicted molar refractivity (Wildman–Crippen MR) is 103 cm³/mol. The van der Waals surface area contributed by atoms with Crippen molar-refractivity contribution >= 4 is 17.7 Å². The zero-order chi connectivity index (χ0) is 19.4. The molecule has 1 heterocycles. The number of ether oxygens (including phenoxy) is 2. The van der Waals surface area contributed by atoms with Gasteiger partial charge in [-0.05, 0) is 31.4 Å². The summed E-state index contributed by atoms with van der Waals surface area (Å²) in [5, 5.41) is 18.3. The van der Waals surface area contributed by atoms with Gasteiger partial charge in [-0.25, -0.2) is 0 Å². The van der Waals surface area contributed by atoms with Crippen LogP contribution in [0.3, 0.4) is 0 Å². The molecule has 1 unspecified atom stereocenters. The lowest BCUT2D eigenvalue weighted by molar-refractivity contribution is -0.136. The van der Waals surface area contributed by atoms with Crippen LogP contribution < -0.4 is 9.47 Å². The van der Waals surface area contributed by atoms with Crippen molar-refractivity contribution in [2.24, 2.45) is 0 Å². The fraction of sp³-hybridized carbons (Fsp3) is 0.526. The lowest BCUT2D eigenvalue weighted by Gasteiger charge is -2.19. The minimum absolute atomic E-state index is 0.298. The fourth-order valence-corrected chi connectivity index (χ4v) is 4.40. The number of benzene rings is 1. The number of thioether (sulfide) groups is 1. The van der Waals surface area contributed by atoms with Gasteiger partial charge in [0.2, 0.25) is 0 Å². The number of hydrogen-bond acceptors (Lipinski definition) is 6. The summed E-state index contributed by atoms with van der Waals surface area (Å²) in [5.41, 5.74) is 0.720. The van der Waals surface area contributed by atoms with Crippen LogP contribution in [0.4, 0.5) is 0 Å². The molecule has 1 aliphatic rings. The molecule has 0 radical (unpaired) electrons. The lowest BCUT2D eigenvalue weighted by Crippen LogP contribution is -2.16. The van der Waals surface area contributed by atoms with Crippen LogP contribution in [0.15, 0.2) is 23.4 Å². The van der Waals surface area contributed by atoms with Crippen molar-refractivity contribution in [3.8, 4) is 17.2 Å². The van der Waals surface area contributed by atoms with E-state index in [0.29, 0.717) is 29.0 Å². The van der Waals surface area contributed by atoms with E-state index in [0.717, 1.165) is 37.2 Å². The third-order valence-electron chi connectivity index (χ3n) is 4.90. The second-order valence-corrected chi connectivity index (χ2v) is 7.69. The van der Waals surface area contributed by atoms with Gasteiger partial charge < -0.3 is 14.6 Å². The van der Waals surface area contributed by atoms with Gasteiger partial charge >= 0.3 is 5.97 Å². The van der Waals surface area contributed by atoms with E-state index in [4.69, 9.17) is 9.47 Å². The first kappa shape index (κ1) is 19.5. The van der Waals surface area contributed by atoms with Crippen LogP contribution in [0.2, 0.25) is 0 Å². The molecule has 7 nitrogen and oxygen atoms in total. The summed E-state index contributed by atoms with van der Waals surface area (Å²) in [5.74, 6) is 1.56. The van der Waals surface area contributed by atoms with Crippen molar-refractivity contribution in [1.82, 2.24) is 14.8 Å². The Kier molecular flexibility index (Phi) is 6.26. The highest BCUT2D eigenvalue weighted by atomic mass is 32.2. The molecule has 27 heavy (non-hydrogen) atoms. The summed E-state index contributed by atoms with van der Waals surface area (Å²) >= 11 is 1.21. The summed E-state index contributed by atoms with van der Waals surface area (Å²) < 4.78 is 13.1. The Morgan fingerprint density at radius 1 is 1.26 bits per heavy atom. The first-order valence-electron chi connectivity index (χ1n) is 9.16. The third-order valence-corrected chi connectivity index (χ3v) is 6.19. The molecule has 0 aliphatic heterocycles. The summed E-state index contributed by atoms with van der Waals surface area (Å²) in [6.45, 7) is 1.86. The number of carboxylic acid groups (broad SMARTS) is 1. The normalized spacial score (nSPS) is 15.7. The summed E-state index contributed by atoms with van der Waals surface area (Å²) in [6.07, 6.45) is 4.92. The molecule has 1 aromatic heterocycles. The fourth-order valence-electron chi connectivity index (χ4n) is 3.50. The van der Waals surface area contributed by atoms with E-state index in [-0.39, 0.29) is 0 Å². The Hall–Kier alpha value is -2.22. The van der Waals surface area contributed by atoms with Crippen LogP contribution in [0.1, 0.15) is 50.8 Å². The molecule has 1 aromatic carbocycles. The number of hydrogen-bond donors (Lipinski definition) is 1. The second kappa shape index (κ2) is 8.65. The van der Waals surface area contributed by atoms with Crippen molar-refractivity contribution in [1.29, 1.82) is 0 Å². The van der Waals surface area contributed by atoms with E-state index >= 15 is 0 Å². The standard InChI is InChI=1S/C19H25N3O4S/c1-4-15(18(23)24)27-19-21-20-17(12-8-5-6-9-12)22(19)16-13(25-2)10-7-11-14(16)26-3/h7,10-12,15H,4-6,8-9H2,1-3H3,(H,23,24). The number of carbonyl (C=O) groups is 1. The molecule has 0 spiro atoms. The van der Waals surface area contributed by atoms with Crippen LogP contribution in [0.25, 0.3) is 5.69 Å². The Morgan fingerprint density at radius 3 is 2.41 bits per heavy atom. The van der Waals surface area contributed by atoms with E-state index in [2.05, 4.69) is 10.2 Å². The molecule has 1 N–H and O–H groups in total. The topological polar surface area (TPSA) is 86.5 Å². The molecule has 146 valence electrons. The minimum Gasteiger partial charge on any atom is -0.494 e. The van der Waals surface area contributed by atoms with Gasteiger partial charge in [0.05, 0.1) is 14.2 Å². The highest BCUT2D eigenvalue weighted by molar-refractivity contribution is 8.00. The molecular weight excluding hydrogens is 366 g/mol. The average molecular weight is 391 g/mol. The van der Waals surface area contributed by atoms with Gasteiger partial charge in [-0.15, -0.1) is 10.2 Å². The number of methoxy groups -OCH3 is 2. The predicted octanol–water partition coefficient (Wildman–Crippen LogP) is 3.90. The zero-order valence-corrected chi connectivity index (χ0v) is 16.7. The van der Waals surface area contributed by atoms with Crippen molar-refractivity contribution in [3.63, 3.8) is 0 Å². The Morgan fingerprint density at radius 2 is 1.89 bits per heavy atom. The van der Waals surface area contributed by atoms with E-state index in [9.17, 15) is 9.90 Å². The highest BCUT2D eigenvalue weighted by Gasteiger charge is 2.30. The highest BCUT2D eigenvalue weighted by Crippen LogP contribution is 2.41. The Balaban J connectivity index is 2.17. The summed E-state index contributed by atoms with van der Waals surface area (Å²) in [6, 6.07) is 5.58. The largest absolute Gasteiger partial charge is 0.494 e. The van der Waals surface area contributed by atoms with Gasteiger partial charge in [0, 0.05) is 5.92 Å². The second-order valence-electron chi connectivity index (χ2n) is 6.52. The molecule has 0 saturated heterocycles.